The number of halogens is 5. The Morgan fingerprint density at radius 3 is 2.23 bits per heavy atom. The number of nitrogens with one attached hydrogen (secondary N) is 1. The van der Waals surface area contributed by atoms with Crippen molar-refractivity contribution in [2.75, 3.05) is 16.5 Å². The molecular formula is C21H14F5N3O2. The predicted molar refractivity (Wildman–Crippen MR) is 103 cm³/mol. The fourth-order valence-corrected chi connectivity index (χ4v) is 3.49. The molecule has 0 saturated carbocycles. The maximum Gasteiger partial charge on any atom is 0.416 e. The van der Waals surface area contributed by atoms with Gasteiger partial charge in [0.15, 0.2) is 0 Å². The first-order valence-electron chi connectivity index (χ1n) is 9.02. The molecule has 1 aliphatic heterocycles. The van der Waals surface area contributed by atoms with Crippen molar-refractivity contribution in [2.45, 2.75) is 13.1 Å². The highest BCUT2D eigenvalue weighted by molar-refractivity contribution is 6.12. The number of anilines is 3. The van der Waals surface area contributed by atoms with Gasteiger partial charge in [-0.05, 0) is 43.3 Å². The van der Waals surface area contributed by atoms with Gasteiger partial charge in [-0.15, -0.1) is 0 Å². The Kier molecular flexibility index (Phi) is 4.79. The smallest absolute Gasteiger partial charge is 0.324 e. The van der Waals surface area contributed by atoms with Crippen molar-refractivity contribution in [3.05, 3.63) is 87.3 Å². The lowest BCUT2D eigenvalue weighted by atomic mass is 10.0. The van der Waals surface area contributed by atoms with Gasteiger partial charge < -0.3 is 9.88 Å². The van der Waals surface area contributed by atoms with E-state index in [0.717, 1.165) is 35.2 Å². The summed E-state index contributed by atoms with van der Waals surface area (Å²) in [6.45, 7) is 1.19. The maximum absolute atomic E-state index is 14.6. The highest BCUT2D eigenvalue weighted by Crippen LogP contribution is 2.40. The first-order valence-corrected chi connectivity index (χ1v) is 9.02. The molecule has 10 heteroatoms. The lowest BCUT2D eigenvalue weighted by Gasteiger charge is -2.38. The van der Waals surface area contributed by atoms with Crippen LogP contribution in [0.3, 0.4) is 0 Å². The average molecular weight is 435 g/mol. The van der Waals surface area contributed by atoms with Gasteiger partial charge in [0.05, 0.1) is 28.2 Å². The van der Waals surface area contributed by atoms with Gasteiger partial charge in [0, 0.05) is 17.8 Å². The van der Waals surface area contributed by atoms with Crippen LogP contribution in [-0.2, 0) is 6.18 Å². The van der Waals surface area contributed by atoms with Crippen LogP contribution < -0.4 is 15.4 Å². The molecule has 0 radical (unpaired) electrons. The average Bonchev–Trinajstić information content (AvgIpc) is 2.68. The van der Waals surface area contributed by atoms with Crippen molar-refractivity contribution in [1.82, 2.24) is 4.98 Å². The van der Waals surface area contributed by atoms with E-state index < -0.39 is 34.8 Å². The third-order valence-electron chi connectivity index (χ3n) is 4.95. The first-order chi connectivity index (χ1) is 14.6. The van der Waals surface area contributed by atoms with Crippen molar-refractivity contribution < 1.29 is 26.7 Å². The topological polar surface area (TPSA) is 56.4 Å². The summed E-state index contributed by atoms with van der Waals surface area (Å²) in [5.74, 6) is -2.49. The summed E-state index contributed by atoms with van der Waals surface area (Å²) < 4.78 is 67.8. The Hall–Kier alpha value is -3.69. The molecule has 1 N–H and O–H groups in total. The number of amides is 1. The molecule has 4 rings (SSSR count). The van der Waals surface area contributed by atoms with Crippen molar-refractivity contribution in [2.24, 2.45) is 0 Å². The lowest BCUT2D eigenvalue weighted by molar-refractivity contribution is -0.137. The third-order valence-corrected chi connectivity index (χ3v) is 4.95. The normalized spacial score (nSPS) is 14.1. The molecule has 1 amide bonds. The summed E-state index contributed by atoms with van der Waals surface area (Å²) in [7, 11) is 0. The number of rotatable bonds is 2. The quantitative estimate of drug-likeness (QED) is 0.592. The standard InChI is InChI=1S/C21H14F5N3O2/c1-11-16(6-7-19(30)27-11)29-10-28(17-5-3-13(22)9-15(17)23)18-8-12(21(24,25)26)2-4-14(18)20(29)31/h2-9H,10H2,1H3,(H,27,30). The summed E-state index contributed by atoms with van der Waals surface area (Å²) in [4.78, 5) is 29.5. The van der Waals surface area contributed by atoms with E-state index in [-0.39, 0.29) is 23.6 Å². The van der Waals surface area contributed by atoms with E-state index in [9.17, 15) is 31.5 Å². The minimum absolute atomic E-state index is 0.103. The van der Waals surface area contributed by atoms with Crippen LogP contribution in [-0.4, -0.2) is 17.6 Å². The van der Waals surface area contributed by atoms with Crippen molar-refractivity contribution in [3.8, 4) is 0 Å². The Balaban J connectivity index is 1.93. The van der Waals surface area contributed by atoms with Crippen molar-refractivity contribution >= 4 is 23.0 Å². The van der Waals surface area contributed by atoms with Gasteiger partial charge in [0.1, 0.15) is 18.3 Å². The zero-order valence-electron chi connectivity index (χ0n) is 15.9. The Morgan fingerprint density at radius 2 is 1.58 bits per heavy atom. The lowest BCUT2D eigenvalue weighted by Crippen LogP contribution is -2.46. The predicted octanol–water partition coefficient (Wildman–Crippen LogP) is 4.74. The van der Waals surface area contributed by atoms with Crippen LogP contribution in [0.4, 0.5) is 39.0 Å². The Bertz CT molecular complexity index is 1250. The van der Waals surface area contributed by atoms with Gasteiger partial charge in [0.25, 0.3) is 5.91 Å². The molecule has 0 aliphatic carbocycles. The SMILES string of the molecule is Cc1[nH]c(=O)ccc1N1CN(c2ccc(F)cc2F)c2cc(C(F)(F)F)ccc2C1=O. The van der Waals surface area contributed by atoms with E-state index in [0.29, 0.717) is 17.4 Å². The van der Waals surface area contributed by atoms with E-state index >= 15 is 0 Å². The molecular weight excluding hydrogens is 421 g/mol. The minimum atomic E-state index is -4.68. The number of aryl methyl sites for hydroxylation is 1. The molecule has 0 bridgehead atoms. The summed E-state index contributed by atoms with van der Waals surface area (Å²) in [6, 6.07) is 7.78. The van der Waals surface area contributed by atoms with Gasteiger partial charge in [-0.1, -0.05) is 0 Å². The number of aromatic nitrogens is 1. The molecule has 1 aliphatic rings. The number of hydrogen-bond acceptors (Lipinski definition) is 3. The molecule has 3 aromatic rings. The molecule has 2 heterocycles. The van der Waals surface area contributed by atoms with Crippen LogP contribution >= 0.6 is 0 Å². The number of carbonyl (C=O) groups excluding carboxylic acids is 1. The largest absolute Gasteiger partial charge is 0.416 e. The Labute approximate surface area is 172 Å². The number of fused-ring (bicyclic) bond motifs is 1. The number of H-pyrrole nitrogens is 1. The minimum Gasteiger partial charge on any atom is -0.324 e. The van der Waals surface area contributed by atoms with Crippen LogP contribution in [0.2, 0.25) is 0 Å². The second kappa shape index (κ2) is 7.22. The fraction of sp³-hybridized carbons (Fsp3) is 0.143. The molecule has 0 atom stereocenters. The molecule has 5 nitrogen and oxygen atoms in total. The third kappa shape index (κ3) is 3.65. The van der Waals surface area contributed by atoms with Crippen LogP contribution in [0.1, 0.15) is 21.6 Å². The maximum atomic E-state index is 14.6. The van der Waals surface area contributed by atoms with Crippen LogP contribution in [0.15, 0.2) is 53.3 Å². The van der Waals surface area contributed by atoms with Gasteiger partial charge in [-0.3, -0.25) is 14.5 Å². The second-order valence-electron chi connectivity index (χ2n) is 6.96. The van der Waals surface area contributed by atoms with Crippen LogP contribution in [0.5, 0.6) is 0 Å². The molecule has 0 spiro atoms. The van der Waals surface area contributed by atoms with Gasteiger partial charge in [-0.25, -0.2) is 8.78 Å². The molecule has 2 aromatic carbocycles. The highest BCUT2D eigenvalue weighted by atomic mass is 19.4. The second-order valence-corrected chi connectivity index (χ2v) is 6.96. The van der Waals surface area contributed by atoms with Crippen LogP contribution in [0, 0.1) is 18.6 Å². The van der Waals surface area contributed by atoms with E-state index in [2.05, 4.69) is 4.98 Å². The van der Waals surface area contributed by atoms with Gasteiger partial charge in [-0.2, -0.15) is 13.2 Å². The number of hydrogen-bond donors (Lipinski definition) is 1. The number of pyridine rings is 1. The summed E-state index contributed by atoms with van der Waals surface area (Å²) in [5.41, 5.74) is -1.25. The summed E-state index contributed by atoms with van der Waals surface area (Å²) >= 11 is 0. The molecule has 0 fully saturated rings. The van der Waals surface area contributed by atoms with Crippen molar-refractivity contribution in [3.63, 3.8) is 0 Å². The van der Waals surface area contributed by atoms with E-state index in [1.807, 2.05) is 0 Å². The van der Waals surface area contributed by atoms with Gasteiger partial charge >= 0.3 is 6.18 Å². The van der Waals surface area contributed by atoms with Crippen LogP contribution in [0.25, 0.3) is 0 Å². The highest BCUT2D eigenvalue weighted by Gasteiger charge is 2.37. The number of nitrogens with zero attached hydrogens (tertiary/aromatic N) is 2. The molecule has 31 heavy (non-hydrogen) atoms. The summed E-state index contributed by atoms with van der Waals surface area (Å²) in [5, 5.41) is 0. The van der Waals surface area contributed by atoms with E-state index in [4.69, 9.17) is 0 Å². The monoisotopic (exact) mass is 435 g/mol. The number of aromatic amines is 1. The van der Waals surface area contributed by atoms with Crippen molar-refractivity contribution in [1.29, 1.82) is 0 Å². The zero-order chi connectivity index (χ0) is 22.5. The number of carbonyl (C=O) groups is 1. The van der Waals surface area contributed by atoms with E-state index in [1.54, 1.807) is 6.92 Å². The number of benzene rings is 2. The molecule has 160 valence electrons. The first kappa shape index (κ1) is 20.6. The van der Waals surface area contributed by atoms with E-state index in [1.165, 1.54) is 17.0 Å². The molecule has 1 aromatic heterocycles. The summed E-state index contributed by atoms with van der Waals surface area (Å²) in [6.07, 6.45) is -4.68. The number of alkyl halides is 3. The molecule has 0 saturated heterocycles. The van der Waals surface area contributed by atoms with Gasteiger partial charge in [0.2, 0.25) is 5.56 Å². The fourth-order valence-electron chi connectivity index (χ4n) is 3.49. The molecule has 0 unspecified atom stereocenters. The Morgan fingerprint density at radius 1 is 0.871 bits per heavy atom. The zero-order valence-corrected chi connectivity index (χ0v) is 15.9.